The van der Waals surface area contributed by atoms with Gasteiger partial charge in [-0.25, -0.2) is 0 Å². The molecule has 1 heterocycles. The van der Waals surface area contributed by atoms with Gasteiger partial charge < -0.3 is 11.1 Å². The minimum Gasteiger partial charge on any atom is -0.370 e. The average Bonchev–Trinajstić information content (AvgIpc) is 2.36. The largest absolute Gasteiger partial charge is 0.370 e. The molecule has 3 N–H and O–H groups in total. The first-order chi connectivity index (χ1) is 9.44. The van der Waals surface area contributed by atoms with Crippen molar-refractivity contribution in [2.45, 2.75) is 39.3 Å². The molecule has 0 atom stereocenters. The van der Waals surface area contributed by atoms with Crippen LogP contribution in [-0.4, -0.2) is 36.0 Å². The predicted octanol–water partition coefficient (Wildman–Crippen LogP) is 2.37. The Morgan fingerprint density at radius 1 is 1.29 bits per heavy atom. The summed E-state index contributed by atoms with van der Waals surface area (Å²) in [5.74, 6) is 0.537. The van der Waals surface area contributed by atoms with Crippen molar-refractivity contribution in [3.05, 3.63) is 35.4 Å². The maximum Gasteiger partial charge on any atom is 0.189 e. The van der Waals surface area contributed by atoms with Gasteiger partial charge >= 0.3 is 0 Å². The normalized spacial score (nSPS) is 16.0. The van der Waals surface area contributed by atoms with Crippen molar-refractivity contribution in [2.75, 3.05) is 19.6 Å². The van der Waals surface area contributed by atoms with Crippen LogP contribution in [0, 0.1) is 0 Å². The van der Waals surface area contributed by atoms with Gasteiger partial charge in [-0.3, -0.25) is 9.89 Å². The summed E-state index contributed by atoms with van der Waals surface area (Å²) in [6.45, 7) is 10.1. The Hall–Kier alpha value is -0.820. The number of halogens is 1. The van der Waals surface area contributed by atoms with Gasteiger partial charge in [0.15, 0.2) is 5.96 Å². The third-order valence-electron chi connectivity index (χ3n) is 3.41. The van der Waals surface area contributed by atoms with Crippen molar-refractivity contribution in [1.29, 1.82) is 0 Å². The van der Waals surface area contributed by atoms with Crippen molar-refractivity contribution in [3.63, 3.8) is 0 Å². The van der Waals surface area contributed by atoms with Gasteiger partial charge in [-0.15, -0.1) is 24.0 Å². The summed E-state index contributed by atoms with van der Waals surface area (Å²) >= 11 is 0. The van der Waals surface area contributed by atoms with E-state index in [0.717, 1.165) is 32.6 Å². The lowest BCUT2D eigenvalue weighted by atomic mass is 10.00. The van der Waals surface area contributed by atoms with Crippen LogP contribution in [0.15, 0.2) is 29.3 Å². The molecule has 118 valence electrons. The van der Waals surface area contributed by atoms with Crippen LogP contribution in [-0.2, 0) is 13.0 Å². The number of benzene rings is 1. The second-order valence-electron chi connectivity index (χ2n) is 6.44. The van der Waals surface area contributed by atoms with Gasteiger partial charge in [-0.05, 0) is 38.3 Å². The van der Waals surface area contributed by atoms with Crippen LogP contribution in [0.3, 0.4) is 0 Å². The third-order valence-corrected chi connectivity index (χ3v) is 3.41. The number of aliphatic imine (C=N–C) groups is 1. The van der Waals surface area contributed by atoms with Crippen LogP contribution in [0.1, 0.15) is 31.9 Å². The molecule has 0 saturated carbocycles. The van der Waals surface area contributed by atoms with Gasteiger partial charge in [0.05, 0.1) is 6.54 Å². The monoisotopic (exact) mass is 402 g/mol. The molecule has 0 radical (unpaired) electrons. The molecule has 21 heavy (non-hydrogen) atoms. The Labute approximate surface area is 145 Å². The molecular formula is C16H27IN4. The van der Waals surface area contributed by atoms with E-state index >= 15 is 0 Å². The molecule has 0 saturated heterocycles. The van der Waals surface area contributed by atoms with Crippen LogP contribution in [0.25, 0.3) is 0 Å². The molecule has 0 aliphatic carbocycles. The molecule has 1 aromatic rings. The highest BCUT2D eigenvalue weighted by molar-refractivity contribution is 14.0. The van der Waals surface area contributed by atoms with Crippen molar-refractivity contribution in [3.8, 4) is 0 Å². The molecule has 0 fully saturated rings. The SMILES string of the molecule is CC(C)(C)NC(N)=NCCN1CCc2ccccc2C1.I. The summed E-state index contributed by atoms with van der Waals surface area (Å²) in [7, 11) is 0. The molecular weight excluding hydrogens is 375 g/mol. The van der Waals surface area contributed by atoms with Gasteiger partial charge in [-0.2, -0.15) is 0 Å². The van der Waals surface area contributed by atoms with E-state index in [9.17, 15) is 0 Å². The lowest BCUT2D eigenvalue weighted by molar-refractivity contribution is 0.261. The molecule has 2 rings (SSSR count). The number of nitrogens with zero attached hydrogens (tertiary/aromatic N) is 2. The lowest BCUT2D eigenvalue weighted by Crippen LogP contribution is -2.45. The molecule has 0 spiro atoms. The Morgan fingerprint density at radius 3 is 2.62 bits per heavy atom. The van der Waals surface area contributed by atoms with E-state index in [1.807, 2.05) is 0 Å². The third kappa shape index (κ3) is 6.22. The van der Waals surface area contributed by atoms with Crippen LogP contribution < -0.4 is 11.1 Å². The van der Waals surface area contributed by atoms with E-state index in [-0.39, 0.29) is 29.5 Å². The number of rotatable bonds is 3. The number of guanidine groups is 1. The fourth-order valence-electron chi connectivity index (χ4n) is 2.48. The Bertz CT molecular complexity index is 479. The lowest BCUT2D eigenvalue weighted by Gasteiger charge is -2.28. The quantitative estimate of drug-likeness (QED) is 0.464. The predicted molar refractivity (Wildman–Crippen MR) is 100 cm³/mol. The number of hydrogen-bond acceptors (Lipinski definition) is 2. The van der Waals surface area contributed by atoms with Gasteiger partial charge in [0, 0.05) is 25.2 Å². The fraction of sp³-hybridized carbons (Fsp3) is 0.562. The van der Waals surface area contributed by atoms with E-state index < -0.39 is 0 Å². The number of nitrogens with two attached hydrogens (primary N) is 1. The topological polar surface area (TPSA) is 53.6 Å². The molecule has 5 heteroatoms. The maximum absolute atomic E-state index is 5.87. The van der Waals surface area contributed by atoms with Crippen LogP contribution in [0.2, 0.25) is 0 Å². The van der Waals surface area contributed by atoms with E-state index in [1.54, 1.807) is 0 Å². The molecule has 0 bridgehead atoms. The van der Waals surface area contributed by atoms with Crippen molar-refractivity contribution < 1.29 is 0 Å². The zero-order valence-electron chi connectivity index (χ0n) is 13.2. The molecule has 0 unspecified atom stereocenters. The highest BCUT2D eigenvalue weighted by Gasteiger charge is 2.15. The standard InChI is InChI=1S/C16H26N4.HI/c1-16(2,3)19-15(17)18-9-11-20-10-8-13-6-4-5-7-14(13)12-20;/h4-7H,8-12H2,1-3H3,(H3,17,18,19);1H. The molecule has 4 nitrogen and oxygen atoms in total. The first kappa shape index (κ1) is 18.2. The molecule has 0 aromatic heterocycles. The molecule has 1 aromatic carbocycles. The maximum atomic E-state index is 5.87. The first-order valence-corrected chi connectivity index (χ1v) is 7.31. The van der Waals surface area contributed by atoms with Crippen molar-refractivity contribution in [1.82, 2.24) is 10.2 Å². The minimum absolute atomic E-state index is 0. The van der Waals surface area contributed by atoms with Crippen LogP contribution in [0.4, 0.5) is 0 Å². The fourth-order valence-corrected chi connectivity index (χ4v) is 2.48. The summed E-state index contributed by atoms with van der Waals surface area (Å²) in [6.07, 6.45) is 1.13. The summed E-state index contributed by atoms with van der Waals surface area (Å²) < 4.78 is 0. The van der Waals surface area contributed by atoms with Crippen LogP contribution >= 0.6 is 24.0 Å². The number of hydrogen-bond donors (Lipinski definition) is 2. The summed E-state index contributed by atoms with van der Waals surface area (Å²) in [6, 6.07) is 8.69. The van der Waals surface area contributed by atoms with Crippen molar-refractivity contribution >= 4 is 29.9 Å². The Balaban J connectivity index is 0.00000220. The van der Waals surface area contributed by atoms with Gasteiger partial charge in [0.2, 0.25) is 0 Å². The van der Waals surface area contributed by atoms with Gasteiger partial charge in [-0.1, -0.05) is 24.3 Å². The summed E-state index contributed by atoms with van der Waals surface area (Å²) in [4.78, 5) is 6.84. The van der Waals surface area contributed by atoms with E-state index in [1.165, 1.54) is 11.1 Å². The van der Waals surface area contributed by atoms with E-state index in [2.05, 4.69) is 60.2 Å². The highest BCUT2D eigenvalue weighted by Crippen LogP contribution is 2.17. The molecule has 0 amide bonds. The highest BCUT2D eigenvalue weighted by atomic mass is 127. The zero-order chi connectivity index (χ0) is 14.6. The smallest absolute Gasteiger partial charge is 0.189 e. The molecule has 1 aliphatic heterocycles. The molecule has 1 aliphatic rings. The second kappa shape index (κ2) is 7.98. The van der Waals surface area contributed by atoms with E-state index in [4.69, 9.17) is 5.73 Å². The minimum atomic E-state index is -0.0301. The first-order valence-electron chi connectivity index (χ1n) is 7.31. The van der Waals surface area contributed by atoms with Gasteiger partial charge in [0.1, 0.15) is 0 Å². The van der Waals surface area contributed by atoms with Crippen molar-refractivity contribution in [2.24, 2.45) is 10.7 Å². The summed E-state index contributed by atoms with van der Waals surface area (Å²) in [5, 5.41) is 3.18. The Morgan fingerprint density at radius 2 is 1.95 bits per heavy atom. The number of fused-ring (bicyclic) bond motifs is 1. The Kier molecular flexibility index (Phi) is 6.93. The second-order valence-corrected chi connectivity index (χ2v) is 6.44. The summed E-state index contributed by atoms with van der Waals surface area (Å²) in [5.41, 5.74) is 8.78. The van der Waals surface area contributed by atoms with Crippen LogP contribution in [0.5, 0.6) is 0 Å². The zero-order valence-corrected chi connectivity index (χ0v) is 15.6. The number of nitrogens with one attached hydrogen (secondary N) is 1. The van der Waals surface area contributed by atoms with E-state index in [0.29, 0.717) is 5.96 Å². The van der Waals surface area contributed by atoms with Gasteiger partial charge in [0.25, 0.3) is 0 Å². The average molecular weight is 402 g/mol.